The molecule has 0 aromatic heterocycles. The average Bonchev–Trinajstić information content (AvgIpc) is 3.38. The number of guanidine groups is 2. The van der Waals surface area contributed by atoms with Crippen molar-refractivity contribution in [1.29, 1.82) is 0 Å². The third-order valence-electron chi connectivity index (χ3n) is 12.0. The van der Waals surface area contributed by atoms with Crippen molar-refractivity contribution in [3.63, 3.8) is 0 Å². The summed E-state index contributed by atoms with van der Waals surface area (Å²) in [6, 6.07) is -4.14. The summed E-state index contributed by atoms with van der Waals surface area (Å²) in [5.74, 6) is -11.0. The van der Waals surface area contributed by atoms with E-state index in [2.05, 4.69) is 65.1 Å². The van der Waals surface area contributed by atoms with Crippen molar-refractivity contribution < 1.29 is 63.3 Å². The summed E-state index contributed by atoms with van der Waals surface area (Å²) >= 11 is 3.97. The number of thiol groups is 1. The topological polar surface area (TPSA) is 508 Å². The molecule has 8 amide bonds. The molecule has 0 saturated carbocycles. The Bertz CT molecular complexity index is 2240. The van der Waals surface area contributed by atoms with Gasteiger partial charge in [0.1, 0.15) is 48.3 Å². The van der Waals surface area contributed by atoms with Crippen molar-refractivity contribution in [3.8, 4) is 0 Å². The lowest BCUT2D eigenvalue weighted by molar-refractivity contribution is -0.142. The quantitative estimate of drug-likeness (QED) is 0.0128. The van der Waals surface area contributed by atoms with Gasteiger partial charge in [0.25, 0.3) is 0 Å². The molecule has 0 aliphatic rings. The summed E-state index contributed by atoms with van der Waals surface area (Å²) in [7, 11) is 0. The van der Waals surface area contributed by atoms with E-state index in [0.29, 0.717) is 18.4 Å². The molecule has 0 bridgehead atoms. The second-order valence-corrected chi connectivity index (χ2v) is 20.2. The number of hydrogen-bond acceptors (Lipinski definition) is 16. The molecule has 29 nitrogen and oxygen atoms in total. The number of rotatable bonds is 40. The predicted molar refractivity (Wildman–Crippen MR) is 301 cm³/mol. The van der Waals surface area contributed by atoms with E-state index in [4.69, 9.17) is 34.4 Å². The lowest BCUT2D eigenvalue weighted by Crippen LogP contribution is -2.61. The molecule has 30 heteroatoms. The number of amides is 8. The molecule has 0 aliphatic heterocycles. The van der Waals surface area contributed by atoms with Crippen molar-refractivity contribution in [2.24, 2.45) is 56.2 Å². The molecular weight excluding hydrogens is 1060 g/mol. The standard InChI is InChI=1S/C50H86N16O13S/c1-27(2)22-34(62-40(70)30(52)14-10-20-57-49(53)54)45(75)64-36(24-29-12-6-5-7-13-29)46(76)65-37(25-67)47(77)60-31(15-8-9-19-51)41(71)61-33(17-18-39(68)69)43(73)63-35(23-28(3)4)44(74)59-32(16-11-21-58-50(55)56)42(72)66-38(26-80)48(78)79/h5-7,12-13,27-28,30-38,67,80H,8-11,14-26,51-52H2,1-4H3,(H,59,74)(H,60,77)(H,61,71)(H,62,70)(H,63,73)(H,64,75)(H,65,76)(H,66,72)(H,68,69)(H,78,79)(H4,53,54,57)(H4,55,56,58)/t30-,31-,32-,33-,34-,35-,36-,37-,38-/m0/s1. The lowest BCUT2D eigenvalue weighted by atomic mass is 10.00. The monoisotopic (exact) mass is 1150 g/mol. The first-order valence-corrected chi connectivity index (χ1v) is 27.1. The number of aliphatic carboxylic acids is 2. The summed E-state index contributed by atoms with van der Waals surface area (Å²) in [6.07, 6.45) is -0.0874. The Balaban J connectivity index is 3.51. The number of unbranched alkanes of at least 4 members (excludes halogenated alkanes) is 1. The molecule has 450 valence electrons. The van der Waals surface area contributed by atoms with Crippen LogP contribution in [0, 0.1) is 11.8 Å². The van der Waals surface area contributed by atoms with Crippen LogP contribution in [0.25, 0.3) is 0 Å². The van der Waals surface area contributed by atoms with Crippen LogP contribution in [0.2, 0.25) is 0 Å². The van der Waals surface area contributed by atoms with Crippen molar-refractivity contribution in [2.75, 3.05) is 32.0 Å². The van der Waals surface area contributed by atoms with Crippen LogP contribution in [0.4, 0.5) is 0 Å². The van der Waals surface area contributed by atoms with Crippen LogP contribution in [0.1, 0.15) is 104 Å². The number of benzene rings is 1. The van der Waals surface area contributed by atoms with E-state index in [-0.39, 0.29) is 101 Å². The van der Waals surface area contributed by atoms with E-state index in [0.717, 1.165) is 0 Å². The van der Waals surface area contributed by atoms with Gasteiger partial charge in [-0.15, -0.1) is 0 Å². The van der Waals surface area contributed by atoms with Crippen LogP contribution in [-0.2, 0) is 54.4 Å². The van der Waals surface area contributed by atoms with Gasteiger partial charge >= 0.3 is 11.9 Å². The van der Waals surface area contributed by atoms with Gasteiger partial charge in [-0.3, -0.25) is 53.1 Å². The molecule has 1 aromatic rings. The molecular formula is C50H86N16O13S. The minimum absolute atomic E-state index is 0.0384. The molecule has 80 heavy (non-hydrogen) atoms. The first kappa shape index (κ1) is 70.7. The largest absolute Gasteiger partial charge is 0.481 e. The fourth-order valence-electron chi connectivity index (χ4n) is 7.75. The molecule has 23 N–H and O–H groups in total. The zero-order valence-corrected chi connectivity index (χ0v) is 46.9. The lowest BCUT2D eigenvalue weighted by Gasteiger charge is -2.28. The van der Waals surface area contributed by atoms with Crippen molar-refractivity contribution in [2.45, 2.75) is 159 Å². The summed E-state index contributed by atoms with van der Waals surface area (Å²) in [5, 5.41) is 49.7. The molecule has 0 spiro atoms. The van der Waals surface area contributed by atoms with Gasteiger partial charge in [-0.1, -0.05) is 58.0 Å². The Morgan fingerprint density at radius 2 is 0.900 bits per heavy atom. The highest BCUT2D eigenvalue weighted by molar-refractivity contribution is 7.80. The highest BCUT2D eigenvalue weighted by atomic mass is 32.1. The van der Waals surface area contributed by atoms with E-state index in [1.165, 1.54) is 0 Å². The first-order valence-electron chi connectivity index (χ1n) is 26.4. The number of hydrogen-bond donors (Lipinski definition) is 18. The average molecular weight is 1150 g/mol. The normalized spacial score (nSPS) is 14.4. The van der Waals surface area contributed by atoms with E-state index < -0.39 is 133 Å². The maximum atomic E-state index is 14.2. The Morgan fingerprint density at radius 1 is 0.512 bits per heavy atom. The number of nitrogens with zero attached hydrogens (tertiary/aromatic N) is 2. The summed E-state index contributed by atoms with van der Waals surface area (Å²) in [6.45, 7) is 6.51. The third kappa shape index (κ3) is 29.1. The SMILES string of the molecule is CC(C)C[C@H](NC(=O)[C@H](CCC(=O)O)NC(=O)[C@H](CCCCN)NC(=O)[C@H](CO)NC(=O)[C@H](Cc1ccccc1)NC(=O)[C@H](CC(C)C)NC(=O)[C@@H](N)CCCN=C(N)N)C(=O)N[C@@H](CCCN=C(N)N)C(=O)N[C@@H](CS)C(=O)O. The maximum absolute atomic E-state index is 14.2. The summed E-state index contributed by atoms with van der Waals surface area (Å²) < 4.78 is 0. The van der Waals surface area contributed by atoms with Gasteiger partial charge in [-0.05, 0) is 88.2 Å². The zero-order valence-electron chi connectivity index (χ0n) is 46.0. The van der Waals surface area contributed by atoms with E-state index in [1.54, 1.807) is 44.2 Å². The van der Waals surface area contributed by atoms with E-state index in [9.17, 15) is 63.3 Å². The summed E-state index contributed by atoms with van der Waals surface area (Å²) in [4.78, 5) is 142. The molecule has 0 saturated heterocycles. The molecule has 1 aromatic carbocycles. The number of carbonyl (C=O) groups excluding carboxylic acids is 8. The van der Waals surface area contributed by atoms with Gasteiger partial charge in [0.05, 0.1) is 12.6 Å². The Morgan fingerprint density at radius 3 is 1.34 bits per heavy atom. The van der Waals surface area contributed by atoms with Gasteiger partial charge in [-0.25, -0.2) is 4.79 Å². The smallest absolute Gasteiger partial charge is 0.327 e. The van der Waals surface area contributed by atoms with Gasteiger partial charge < -0.3 is 92.3 Å². The molecule has 0 heterocycles. The Kier molecular flexibility index (Phi) is 33.9. The highest BCUT2D eigenvalue weighted by Crippen LogP contribution is 2.13. The molecule has 0 radical (unpaired) electrons. The number of aliphatic hydroxyl groups excluding tert-OH is 1. The third-order valence-corrected chi connectivity index (χ3v) is 12.3. The van der Waals surface area contributed by atoms with Crippen LogP contribution >= 0.6 is 12.6 Å². The highest BCUT2D eigenvalue weighted by Gasteiger charge is 2.35. The number of aliphatic imine (C=N–C) groups is 2. The fraction of sp³-hybridized carbons (Fsp3) is 0.640. The second-order valence-electron chi connectivity index (χ2n) is 19.9. The Labute approximate surface area is 471 Å². The van der Waals surface area contributed by atoms with Gasteiger partial charge in [-0.2, -0.15) is 12.6 Å². The number of carboxylic acids is 2. The number of aliphatic hydroxyl groups is 1. The fourth-order valence-corrected chi connectivity index (χ4v) is 8.00. The minimum atomic E-state index is -1.74. The molecule has 1 rings (SSSR count). The van der Waals surface area contributed by atoms with Crippen LogP contribution in [0.15, 0.2) is 40.3 Å². The number of carbonyl (C=O) groups is 10. The van der Waals surface area contributed by atoms with Crippen molar-refractivity contribution in [3.05, 3.63) is 35.9 Å². The van der Waals surface area contributed by atoms with Gasteiger partial charge in [0.15, 0.2) is 11.9 Å². The molecule has 0 fully saturated rings. The van der Waals surface area contributed by atoms with Gasteiger partial charge in [0.2, 0.25) is 47.3 Å². The molecule has 0 aliphatic carbocycles. The van der Waals surface area contributed by atoms with E-state index >= 15 is 0 Å². The molecule has 0 unspecified atom stereocenters. The number of carboxylic acid groups (broad SMARTS) is 2. The zero-order chi connectivity index (χ0) is 60.5. The molecule has 9 atom stereocenters. The van der Waals surface area contributed by atoms with Crippen LogP contribution in [0.5, 0.6) is 0 Å². The number of nitrogens with two attached hydrogens (primary N) is 6. The van der Waals surface area contributed by atoms with Crippen LogP contribution in [-0.4, -0.2) is 173 Å². The van der Waals surface area contributed by atoms with Crippen molar-refractivity contribution >= 4 is 83.7 Å². The van der Waals surface area contributed by atoms with Gasteiger partial charge in [0, 0.05) is 31.7 Å². The second kappa shape index (κ2) is 38.3. The predicted octanol–water partition coefficient (Wildman–Crippen LogP) is -4.37. The van der Waals surface area contributed by atoms with Crippen LogP contribution in [0.3, 0.4) is 0 Å². The van der Waals surface area contributed by atoms with Crippen molar-refractivity contribution in [1.82, 2.24) is 42.5 Å². The number of nitrogens with one attached hydrogen (secondary N) is 8. The Hall–Kier alpha value is -7.31. The summed E-state index contributed by atoms with van der Waals surface area (Å²) in [5.41, 5.74) is 34.0. The maximum Gasteiger partial charge on any atom is 0.327 e. The van der Waals surface area contributed by atoms with Crippen LogP contribution < -0.4 is 76.9 Å². The first-order chi connectivity index (χ1) is 37.7. The van der Waals surface area contributed by atoms with E-state index in [1.807, 2.05) is 13.8 Å². The minimum Gasteiger partial charge on any atom is -0.481 e.